The number of nitrogens with one attached hydrogen (secondary N) is 1. The molecule has 0 unspecified atom stereocenters. The number of aromatic carboxylic acids is 1. The van der Waals surface area contributed by atoms with E-state index in [0.717, 1.165) is 12.1 Å². The number of H-pyrrole nitrogens is 1. The fourth-order valence-corrected chi connectivity index (χ4v) is 0.652. The van der Waals surface area contributed by atoms with Gasteiger partial charge in [-0.05, 0) is 12.5 Å². The van der Waals surface area contributed by atoms with Crippen LogP contribution in [0.15, 0.2) is 6.07 Å². The van der Waals surface area contributed by atoms with Crippen molar-refractivity contribution in [3.05, 3.63) is 17.5 Å². The number of aromatic nitrogens is 2. The van der Waals surface area contributed by atoms with Crippen LogP contribution in [0, 0.1) is 0 Å². The maximum Gasteiger partial charge on any atom is 1.00 e. The van der Waals surface area contributed by atoms with Gasteiger partial charge in [0.05, 0.1) is 0 Å². The Morgan fingerprint density at radius 3 is 2.58 bits per heavy atom. The molecule has 0 saturated heterocycles. The van der Waals surface area contributed by atoms with Gasteiger partial charge >= 0.3 is 35.5 Å². The molecule has 0 aliphatic heterocycles. The molecule has 3 N–H and O–H groups in total. The Labute approximate surface area is 91.8 Å². The molecule has 1 aromatic rings. The third-order valence-electron chi connectivity index (χ3n) is 1.23. The van der Waals surface area contributed by atoms with Crippen LogP contribution in [0.1, 0.15) is 23.1 Å². The number of carbonyl (C=O) groups is 1. The molecule has 0 aromatic carbocycles. The van der Waals surface area contributed by atoms with Gasteiger partial charge in [-0.2, -0.15) is 5.10 Å². The minimum Gasteiger partial charge on any atom is -0.870 e. The number of carboxylic acid groups (broad SMARTS) is 1. The van der Waals surface area contributed by atoms with Crippen molar-refractivity contribution in [1.29, 1.82) is 0 Å². The number of aryl methyl sites for hydroxylation is 1. The van der Waals surface area contributed by atoms with Crippen molar-refractivity contribution < 1.29 is 44.9 Å². The van der Waals surface area contributed by atoms with Gasteiger partial charge in [-0.15, -0.1) is 0 Å². The van der Waals surface area contributed by atoms with Crippen LogP contribution in [0.3, 0.4) is 0 Å². The van der Waals surface area contributed by atoms with Gasteiger partial charge in [0.25, 0.3) is 0 Å². The van der Waals surface area contributed by atoms with Gasteiger partial charge in [0.2, 0.25) is 0 Å². The molecule has 0 spiro atoms. The summed E-state index contributed by atoms with van der Waals surface area (Å²) in [6.07, 6.45) is 0.778. The van der Waals surface area contributed by atoms with Crippen molar-refractivity contribution in [3.8, 4) is 0 Å². The minimum atomic E-state index is -0.990. The van der Waals surface area contributed by atoms with Crippen LogP contribution in [-0.4, -0.2) is 26.7 Å². The zero-order valence-corrected chi connectivity index (χ0v) is 9.03. The summed E-state index contributed by atoms with van der Waals surface area (Å²) in [7, 11) is 0. The second kappa shape index (κ2) is 6.19. The van der Waals surface area contributed by atoms with Gasteiger partial charge < -0.3 is 10.6 Å². The molecule has 0 radical (unpaired) electrons. The van der Waals surface area contributed by atoms with Crippen LogP contribution in [0.4, 0.5) is 0 Å². The van der Waals surface area contributed by atoms with E-state index in [1.54, 1.807) is 0 Å². The van der Waals surface area contributed by atoms with E-state index >= 15 is 0 Å². The standard InChI is InChI=1S/C6H8N2O2.Na.H2O/c1-2-4-3-5(6(9)10)8-7-4;;/h3H,2H2,1H3,(H,7,8)(H,9,10);;1H2/q;+1;/p-1. The summed E-state index contributed by atoms with van der Waals surface area (Å²) in [5, 5.41) is 14.6. The molecule has 12 heavy (non-hydrogen) atoms. The molecule has 0 aliphatic carbocycles. The summed E-state index contributed by atoms with van der Waals surface area (Å²) in [6.45, 7) is 1.93. The Bertz CT molecular complexity index is 249. The van der Waals surface area contributed by atoms with Crippen molar-refractivity contribution in [2.24, 2.45) is 0 Å². The fourth-order valence-electron chi connectivity index (χ4n) is 0.652. The molecule has 62 valence electrons. The van der Waals surface area contributed by atoms with Crippen LogP contribution in [-0.2, 0) is 6.42 Å². The molecule has 0 fully saturated rings. The third kappa shape index (κ3) is 3.36. The van der Waals surface area contributed by atoms with Crippen LogP contribution < -0.4 is 29.6 Å². The molecule has 5 nitrogen and oxygen atoms in total. The molecule has 0 aliphatic rings. The second-order valence-electron chi connectivity index (χ2n) is 1.94. The topological polar surface area (TPSA) is 96.0 Å². The predicted octanol–water partition coefficient (Wildman–Crippen LogP) is -2.50. The molecule has 1 heterocycles. The van der Waals surface area contributed by atoms with E-state index in [0.29, 0.717) is 0 Å². The van der Waals surface area contributed by atoms with E-state index in [-0.39, 0.29) is 40.7 Å². The van der Waals surface area contributed by atoms with Crippen molar-refractivity contribution in [2.45, 2.75) is 13.3 Å². The molecule has 0 atom stereocenters. The summed E-state index contributed by atoms with van der Waals surface area (Å²) in [5.74, 6) is -0.990. The molecular formula is C6H9N2NaO3. The average molecular weight is 180 g/mol. The third-order valence-corrected chi connectivity index (χ3v) is 1.23. The first-order valence-electron chi connectivity index (χ1n) is 3.01. The summed E-state index contributed by atoms with van der Waals surface area (Å²) >= 11 is 0. The van der Waals surface area contributed by atoms with Gasteiger partial charge in [-0.1, -0.05) is 6.92 Å². The van der Waals surface area contributed by atoms with Gasteiger partial charge in [-0.3, -0.25) is 5.10 Å². The molecule has 0 bridgehead atoms. The van der Waals surface area contributed by atoms with Crippen molar-refractivity contribution >= 4 is 5.97 Å². The number of nitrogens with zero attached hydrogens (tertiary/aromatic N) is 1. The van der Waals surface area contributed by atoms with E-state index in [1.807, 2.05) is 6.92 Å². The smallest absolute Gasteiger partial charge is 0.870 e. The number of hydrogen-bond donors (Lipinski definition) is 2. The van der Waals surface area contributed by atoms with E-state index in [1.165, 1.54) is 6.07 Å². The summed E-state index contributed by atoms with van der Waals surface area (Å²) in [6, 6.07) is 1.53. The normalized spacial score (nSPS) is 8.08. The maximum atomic E-state index is 10.2. The van der Waals surface area contributed by atoms with E-state index in [2.05, 4.69) is 10.2 Å². The second-order valence-corrected chi connectivity index (χ2v) is 1.94. The Morgan fingerprint density at radius 2 is 2.33 bits per heavy atom. The molecule has 0 amide bonds. The zero-order chi connectivity index (χ0) is 7.56. The van der Waals surface area contributed by atoms with Crippen LogP contribution >= 0.6 is 0 Å². The number of aromatic amines is 1. The van der Waals surface area contributed by atoms with E-state index < -0.39 is 5.97 Å². The largest absolute Gasteiger partial charge is 1.00 e. The summed E-state index contributed by atoms with van der Waals surface area (Å²) in [5.41, 5.74) is 0.925. The van der Waals surface area contributed by atoms with Crippen LogP contribution in [0.2, 0.25) is 0 Å². The Morgan fingerprint density at radius 1 is 1.75 bits per heavy atom. The molecule has 1 rings (SSSR count). The summed E-state index contributed by atoms with van der Waals surface area (Å²) < 4.78 is 0. The molecule has 6 heteroatoms. The fraction of sp³-hybridized carbons (Fsp3) is 0.333. The van der Waals surface area contributed by atoms with Crippen molar-refractivity contribution in [3.63, 3.8) is 0 Å². The molecule has 0 saturated carbocycles. The number of rotatable bonds is 2. The first-order chi connectivity index (χ1) is 4.74. The van der Waals surface area contributed by atoms with Gasteiger partial charge in [0.1, 0.15) is 0 Å². The Kier molecular flexibility index (Phi) is 7.31. The quantitative estimate of drug-likeness (QED) is 0.491. The first-order valence-corrected chi connectivity index (χ1v) is 3.01. The zero-order valence-electron chi connectivity index (χ0n) is 7.03. The first kappa shape index (κ1) is 14.2. The average Bonchev–Trinajstić information content (AvgIpc) is 2.34. The monoisotopic (exact) mass is 180 g/mol. The van der Waals surface area contributed by atoms with Crippen molar-refractivity contribution in [2.75, 3.05) is 0 Å². The molecular weight excluding hydrogens is 171 g/mol. The predicted molar refractivity (Wildman–Crippen MR) is 36.9 cm³/mol. The van der Waals surface area contributed by atoms with E-state index in [4.69, 9.17) is 5.11 Å². The number of hydrogen-bond acceptors (Lipinski definition) is 3. The minimum absolute atomic E-state index is 0. The van der Waals surface area contributed by atoms with Gasteiger partial charge in [-0.25, -0.2) is 4.79 Å². The molecule has 1 aromatic heterocycles. The van der Waals surface area contributed by atoms with Gasteiger partial charge in [0, 0.05) is 5.69 Å². The Balaban J connectivity index is 0. The van der Waals surface area contributed by atoms with E-state index in [9.17, 15) is 4.79 Å². The van der Waals surface area contributed by atoms with Crippen molar-refractivity contribution in [1.82, 2.24) is 10.2 Å². The van der Waals surface area contributed by atoms with Crippen LogP contribution in [0.5, 0.6) is 0 Å². The maximum absolute atomic E-state index is 10.2. The van der Waals surface area contributed by atoms with Gasteiger partial charge in [0.15, 0.2) is 5.69 Å². The Hall–Kier alpha value is -0.360. The van der Waals surface area contributed by atoms with Crippen LogP contribution in [0.25, 0.3) is 0 Å². The number of carboxylic acids is 1. The SMILES string of the molecule is CCc1cc(C(=O)O)n[nH]1.[Na+].[OH-]. The summed E-state index contributed by atoms with van der Waals surface area (Å²) in [4.78, 5) is 10.2.